The predicted octanol–water partition coefficient (Wildman–Crippen LogP) is -0.160. The first-order valence-electron chi connectivity index (χ1n) is 9.21. The fourth-order valence-electron chi connectivity index (χ4n) is 2.03. The van der Waals surface area contributed by atoms with E-state index in [1.165, 1.54) is 4.90 Å². The van der Waals surface area contributed by atoms with Gasteiger partial charge in [-0.15, -0.1) is 0 Å². The first-order chi connectivity index (χ1) is 13.6. The number of rotatable bonds is 9. The number of hydrogen-bond acceptors (Lipinski definition) is 6. The summed E-state index contributed by atoms with van der Waals surface area (Å²) in [7, 11) is 1.64. The summed E-state index contributed by atoms with van der Waals surface area (Å²) in [5.74, 6) is -1.32. The molecule has 10 heteroatoms. The molecule has 0 spiro atoms. The van der Waals surface area contributed by atoms with Crippen molar-refractivity contribution in [1.29, 1.82) is 0 Å². The van der Waals surface area contributed by atoms with Gasteiger partial charge in [0.1, 0.15) is 12.1 Å². The normalized spacial score (nSPS) is 10.6. The molecule has 0 unspecified atom stereocenters. The lowest BCUT2D eigenvalue weighted by atomic mass is 10.2. The Hall–Kier alpha value is -3.17. The molecule has 10 nitrogen and oxygen atoms in total. The molecule has 0 aliphatic carbocycles. The largest absolute Gasteiger partial charge is 0.444 e. The fraction of sp³-hybridized carbons (Fsp3) is 0.526. The summed E-state index contributed by atoms with van der Waals surface area (Å²) >= 11 is 0. The molecule has 4 amide bonds. The Morgan fingerprint density at radius 1 is 1.00 bits per heavy atom. The van der Waals surface area contributed by atoms with Crippen LogP contribution in [0.25, 0.3) is 0 Å². The van der Waals surface area contributed by atoms with E-state index in [0.717, 1.165) is 5.69 Å². The van der Waals surface area contributed by atoms with E-state index in [2.05, 4.69) is 20.9 Å². The third kappa shape index (κ3) is 11.3. The number of nitrogens with zero attached hydrogens (tertiary/aromatic N) is 2. The van der Waals surface area contributed by atoms with Crippen LogP contribution in [0.3, 0.4) is 0 Å². The van der Waals surface area contributed by atoms with Gasteiger partial charge < -0.3 is 25.6 Å². The van der Waals surface area contributed by atoms with Crippen molar-refractivity contribution in [3.05, 3.63) is 30.1 Å². The first-order valence-corrected chi connectivity index (χ1v) is 9.21. The number of pyridine rings is 1. The Morgan fingerprint density at radius 3 is 2.21 bits per heavy atom. The van der Waals surface area contributed by atoms with Gasteiger partial charge >= 0.3 is 6.09 Å². The standard InChI is InChI=1S/C19H29N5O5/c1-19(2,3)29-18(28)23-12-16(26)21-11-15(25)22-13-17(27)24(4)10-8-14-7-5-6-9-20-14/h5-7,9H,8,10-13H2,1-4H3,(H,21,26)(H,22,25)(H,23,28). The summed E-state index contributed by atoms with van der Waals surface area (Å²) < 4.78 is 4.99. The number of hydrogen-bond donors (Lipinski definition) is 3. The van der Waals surface area contributed by atoms with E-state index in [1.54, 1.807) is 34.0 Å². The smallest absolute Gasteiger partial charge is 0.408 e. The van der Waals surface area contributed by atoms with Crippen molar-refractivity contribution in [2.45, 2.75) is 32.8 Å². The molecule has 29 heavy (non-hydrogen) atoms. The number of ether oxygens (including phenoxy) is 1. The van der Waals surface area contributed by atoms with Gasteiger partial charge in [0.25, 0.3) is 0 Å². The van der Waals surface area contributed by atoms with Gasteiger partial charge in [0.05, 0.1) is 13.1 Å². The van der Waals surface area contributed by atoms with Crippen LogP contribution in [-0.4, -0.2) is 72.5 Å². The highest BCUT2D eigenvalue weighted by Gasteiger charge is 2.17. The van der Waals surface area contributed by atoms with Gasteiger partial charge in [-0.3, -0.25) is 19.4 Å². The Labute approximate surface area is 170 Å². The Bertz CT molecular complexity index is 703. The third-order valence-electron chi connectivity index (χ3n) is 3.53. The van der Waals surface area contributed by atoms with Crippen LogP contribution in [0.4, 0.5) is 4.79 Å². The number of carbonyl (C=O) groups is 4. The van der Waals surface area contributed by atoms with Gasteiger partial charge in [-0.1, -0.05) is 6.07 Å². The lowest BCUT2D eigenvalue weighted by Gasteiger charge is -2.19. The number of alkyl carbamates (subject to hydrolysis) is 1. The molecule has 0 aliphatic rings. The minimum atomic E-state index is -0.726. The molecule has 0 bridgehead atoms. The van der Waals surface area contributed by atoms with E-state index in [9.17, 15) is 19.2 Å². The Kier molecular flexibility index (Phi) is 9.57. The molecule has 3 N–H and O–H groups in total. The second kappa shape index (κ2) is 11.6. The molecule has 0 aliphatic heterocycles. The second-order valence-corrected chi connectivity index (χ2v) is 7.30. The number of nitrogens with one attached hydrogen (secondary N) is 3. The van der Waals surface area contributed by atoms with Crippen LogP contribution in [0.1, 0.15) is 26.5 Å². The average molecular weight is 407 g/mol. The van der Waals surface area contributed by atoms with E-state index in [-0.39, 0.29) is 25.5 Å². The summed E-state index contributed by atoms with van der Waals surface area (Å²) in [6, 6.07) is 5.57. The van der Waals surface area contributed by atoms with Crippen LogP contribution in [-0.2, 0) is 25.5 Å². The Morgan fingerprint density at radius 2 is 1.62 bits per heavy atom. The van der Waals surface area contributed by atoms with Crippen molar-refractivity contribution >= 4 is 23.8 Å². The van der Waals surface area contributed by atoms with Crippen LogP contribution in [0, 0.1) is 0 Å². The maximum Gasteiger partial charge on any atom is 0.408 e. The van der Waals surface area contributed by atoms with Crippen LogP contribution >= 0.6 is 0 Å². The van der Waals surface area contributed by atoms with Gasteiger partial charge in [0, 0.05) is 31.9 Å². The molecule has 1 aromatic heterocycles. The van der Waals surface area contributed by atoms with Gasteiger partial charge in [0.2, 0.25) is 17.7 Å². The fourth-order valence-corrected chi connectivity index (χ4v) is 2.03. The van der Waals surface area contributed by atoms with Crippen molar-refractivity contribution in [2.24, 2.45) is 0 Å². The van der Waals surface area contributed by atoms with Crippen molar-refractivity contribution in [1.82, 2.24) is 25.8 Å². The maximum absolute atomic E-state index is 12.0. The van der Waals surface area contributed by atoms with Gasteiger partial charge in [-0.05, 0) is 32.9 Å². The van der Waals surface area contributed by atoms with Crippen LogP contribution in [0.2, 0.25) is 0 Å². The minimum Gasteiger partial charge on any atom is -0.444 e. The van der Waals surface area contributed by atoms with Crippen molar-refractivity contribution in [3.8, 4) is 0 Å². The number of amides is 4. The van der Waals surface area contributed by atoms with Crippen molar-refractivity contribution in [3.63, 3.8) is 0 Å². The summed E-state index contributed by atoms with van der Waals surface area (Å²) in [6.45, 7) is 4.77. The molecule has 160 valence electrons. The number of carbonyl (C=O) groups excluding carboxylic acids is 4. The molecular weight excluding hydrogens is 378 g/mol. The van der Waals surface area contributed by atoms with Gasteiger partial charge in [0.15, 0.2) is 0 Å². The van der Waals surface area contributed by atoms with Gasteiger partial charge in [-0.2, -0.15) is 0 Å². The molecule has 1 rings (SSSR count). The average Bonchev–Trinajstić information content (AvgIpc) is 2.66. The molecule has 0 saturated heterocycles. The second-order valence-electron chi connectivity index (χ2n) is 7.30. The monoisotopic (exact) mass is 407 g/mol. The quantitative estimate of drug-likeness (QED) is 0.522. The third-order valence-corrected chi connectivity index (χ3v) is 3.53. The van der Waals surface area contributed by atoms with E-state index >= 15 is 0 Å². The molecule has 0 saturated carbocycles. The molecule has 0 radical (unpaired) electrons. The SMILES string of the molecule is CN(CCc1ccccn1)C(=O)CNC(=O)CNC(=O)CNC(=O)OC(C)(C)C. The van der Waals surface area contributed by atoms with Crippen molar-refractivity contribution < 1.29 is 23.9 Å². The highest BCUT2D eigenvalue weighted by atomic mass is 16.6. The highest BCUT2D eigenvalue weighted by Crippen LogP contribution is 2.06. The topological polar surface area (TPSA) is 130 Å². The molecule has 1 heterocycles. The van der Waals surface area contributed by atoms with Crippen LogP contribution < -0.4 is 16.0 Å². The molecule has 1 aromatic rings. The van der Waals surface area contributed by atoms with E-state index in [1.807, 2.05) is 18.2 Å². The maximum atomic E-state index is 12.0. The summed E-state index contributed by atoms with van der Waals surface area (Å²) in [4.78, 5) is 52.6. The van der Waals surface area contributed by atoms with E-state index < -0.39 is 23.5 Å². The predicted molar refractivity (Wildman–Crippen MR) is 106 cm³/mol. The van der Waals surface area contributed by atoms with E-state index in [0.29, 0.717) is 13.0 Å². The zero-order chi connectivity index (χ0) is 21.9. The zero-order valence-electron chi connectivity index (χ0n) is 17.3. The Balaban J connectivity index is 2.19. The highest BCUT2D eigenvalue weighted by molar-refractivity contribution is 5.89. The molecule has 0 atom stereocenters. The first kappa shape index (κ1) is 23.9. The summed E-state index contributed by atoms with van der Waals surface area (Å²) in [5.41, 5.74) is 0.205. The zero-order valence-corrected chi connectivity index (χ0v) is 17.3. The molecule has 0 fully saturated rings. The number of likely N-dealkylation sites (N-methyl/N-ethyl adjacent to an activating group) is 1. The summed E-state index contributed by atoms with van der Waals surface area (Å²) in [5, 5.41) is 7.07. The summed E-state index contributed by atoms with van der Waals surface area (Å²) in [6.07, 6.45) is 1.57. The number of aromatic nitrogens is 1. The molecule has 0 aromatic carbocycles. The molecular formula is C19H29N5O5. The minimum absolute atomic E-state index is 0.177. The van der Waals surface area contributed by atoms with Crippen LogP contribution in [0.15, 0.2) is 24.4 Å². The lowest BCUT2D eigenvalue weighted by molar-refractivity contribution is -0.131. The van der Waals surface area contributed by atoms with Crippen LogP contribution in [0.5, 0.6) is 0 Å². The van der Waals surface area contributed by atoms with Crippen molar-refractivity contribution in [2.75, 3.05) is 33.2 Å². The lowest BCUT2D eigenvalue weighted by Crippen LogP contribution is -2.45. The van der Waals surface area contributed by atoms with E-state index in [4.69, 9.17) is 4.74 Å². The van der Waals surface area contributed by atoms with Gasteiger partial charge in [-0.25, -0.2) is 4.79 Å².